The number of aryl methyl sites for hydroxylation is 1. The van der Waals surface area contributed by atoms with Crippen LogP contribution in [-0.4, -0.2) is 28.8 Å². The topological polar surface area (TPSA) is 42.4 Å². The van der Waals surface area contributed by atoms with Gasteiger partial charge in [0.1, 0.15) is 5.69 Å². The van der Waals surface area contributed by atoms with E-state index in [-0.39, 0.29) is 13.2 Å². The van der Waals surface area contributed by atoms with Gasteiger partial charge in [0.15, 0.2) is 0 Å². The summed E-state index contributed by atoms with van der Waals surface area (Å²) in [6.45, 7) is 8.05. The molecule has 1 N–H and O–H groups in total. The lowest BCUT2D eigenvalue weighted by Crippen LogP contribution is -2.49. The molecule has 0 aromatic carbocycles. The van der Waals surface area contributed by atoms with Gasteiger partial charge in [0.05, 0.1) is 11.2 Å². The molecule has 1 rings (SSSR count). The third-order valence-corrected chi connectivity index (χ3v) is 3.38. The largest absolute Gasteiger partial charge is 0.433 e. The van der Waals surface area contributed by atoms with E-state index in [9.17, 15) is 18.3 Å². The summed E-state index contributed by atoms with van der Waals surface area (Å²) in [6, 6.07) is 2.50. The standard InChI is InChI=1S/C13H19BF3NO2/c1-8-6-9(7-10(18-8)13(15,16)17)14-20-12(4,5)11(2,3)19/h6-7,14,19H,1-5H3. The number of nitrogens with zero attached hydrogens (tertiary/aromatic N) is 1. The predicted octanol–water partition coefficient (Wildman–Crippen LogP) is 1.95. The van der Waals surface area contributed by atoms with Crippen LogP contribution in [0, 0.1) is 6.92 Å². The van der Waals surface area contributed by atoms with E-state index in [0.717, 1.165) is 6.07 Å². The Morgan fingerprint density at radius 2 is 1.70 bits per heavy atom. The molecule has 0 unspecified atom stereocenters. The predicted molar refractivity (Wildman–Crippen MR) is 72.2 cm³/mol. The molecule has 1 aromatic heterocycles. The van der Waals surface area contributed by atoms with Crippen molar-refractivity contribution >= 4 is 12.9 Å². The van der Waals surface area contributed by atoms with E-state index in [0.29, 0.717) is 5.46 Å². The van der Waals surface area contributed by atoms with Crippen LogP contribution in [0.25, 0.3) is 0 Å². The number of alkyl halides is 3. The summed E-state index contributed by atoms with van der Waals surface area (Å²) in [5.74, 6) is 0. The second kappa shape index (κ2) is 5.37. The van der Waals surface area contributed by atoms with Crippen molar-refractivity contribution in [1.29, 1.82) is 0 Å². The maximum absolute atomic E-state index is 12.7. The Balaban J connectivity index is 2.92. The second-order valence-corrected chi connectivity index (χ2v) is 5.86. The van der Waals surface area contributed by atoms with Crippen molar-refractivity contribution in [3.63, 3.8) is 0 Å². The average Bonchev–Trinajstić information content (AvgIpc) is 2.23. The van der Waals surface area contributed by atoms with Gasteiger partial charge < -0.3 is 9.76 Å². The summed E-state index contributed by atoms with van der Waals surface area (Å²) in [5, 5.41) is 9.94. The number of aromatic nitrogens is 1. The van der Waals surface area contributed by atoms with Gasteiger partial charge >= 0.3 is 13.7 Å². The van der Waals surface area contributed by atoms with Gasteiger partial charge in [-0.25, -0.2) is 4.98 Å². The van der Waals surface area contributed by atoms with Crippen LogP contribution in [0.3, 0.4) is 0 Å². The molecule has 0 aliphatic heterocycles. The van der Waals surface area contributed by atoms with Crippen molar-refractivity contribution in [1.82, 2.24) is 4.98 Å². The SMILES string of the molecule is Cc1cc(BOC(C)(C)C(C)(C)O)cc(C(F)(F)F)n1. The van der Waals surface area contributed by atoms with Gasteiger partial charge in [-0.05, 0) is 52.2 Å². The lowest BCUT2D eigenvalue weighted by molar-refractivity contribution is -0.141. The molecule has 7 heteroatoms. The van der Waals surface area contributed by atoms with E-state index in [1.165, 1.54) is 13.0 Å². The molecule has 0 spiro atoms. The van der Waals surface area contributed by atoms with Crippen molar-refractivity contribution in [2.24, 2.45) is 0 Å². The van der Waals surface area contributed by atoms with E-state index in [1.807, 2.05) is 0 Å². The molecule has 112 valence electrons. The fourth-order valence-electron chi connectivity index (χ4n) is 1.41. The third kappa shape index (κ3) is 4.21. The highest BCUT2D eigenvalue weighted by Crippen LogP contribution is 2.27. The molecule has 0 saturated carbocycles. The molecule has 1 heterocycles. The van der Waals surface area contributed by atoms with Crippen molar-refractivity contribution < 1.29 is 22.9 Å². The quantitative estimate of drug-likeness (QED) is 0.861. The summed E-state index contributed by atoms with van der Waals surface area (Å²) in [7, 11) is -0.0244. The van der Waals surface area contributed by atoms with Crippen LogP contribution in [-0.2, 0) is 10.8 Å². The van der Waals surface area contributed by atoms with Gasteiger partial charge in [-0.1, -0.05) is 0 Å². The monoisotopic (exact) mass is 289 g/mol. The molecule has 0 bridgehead atoms. The first-order chi connectivity index (χ1) is 8.83. The highest BCUT2D eigenvalue weighted by atomic mass is 19.4. The van der Waals surface area contributed by atoms with Crippen LogP contribution >= 0.6 is 0 Å². The second-order valence-electron chi connectivity index (χ2n) is 5.86. The Kier molecular flexibility index (Phi) is 4.56. The van der Waals surface area contributed by atoms with Crippen LogP contribution in [0.15, 0.2) is 12.1 Å². The Hall–Kier alpha value is -1.08. The molecule has 0 aliphatic rings. The summed E-state index contributed by atoms with van der Waals surface area (Å²) in [4.78, 5) is 3.47. The van der Waals surface area contributed by atoms with Crippen molar-refractivity contribution in [3.05, 3.63) is 23.5 Å². The average molecular weight is 289 g/mol. The molecule has 0 saturated heterocycles. The molecular formula is C13H19BF3NO2. The first kappa shape index (κ1) is 17.0. The maximum Gasteiger partial charge on any atom is 0.433 e. The van der Waals surface area contributed by atoms with E-state index >= 15 is 0 Å². The Morgan fingerprint density at radius 1 is 1.15 bits per heavy atom. The normalized spacial score (nSPS) is 13.4. The number of pyridine rings is 1. The third-order valence-electron chi connectivity index (χ3n) is 3.38. The number of hydrogen-bond donors (Lipinski definition) is 1. The fourth-order valence-corrected chi connectivity index (χ4v) is 1.41. The zero-order valence-corrected chi connectivity index (χ0v) is 12.3. The number of halogens is 3. The maximum atomic E-state index is 12.7. The first-order valence-corrected chi connectivity index (χ1v) is 6.24. The molecule has 0 atom stereocenters. The number of rotatable bonds is 4. The highest BCUT2D eigenvalue weighted by molar-refractivity contribution is 6.47. The minimum absolute atomic E-state index is 0.0244. The van der Waals surface area contributed by atoms with Crippen LogP contribution < -0.4 is 5.46 Å². The van der Waals surface area contributed by atoms with Crippen LogP contribution in [0.1, 0.15) is 39.1 Å². The van der Waals surface area contributed by atoms with Crippen LogP contribution in [0.5, 0.6) is 0 Å². The van der Waals surface area contributed by atoms with E-state index in [4.69, 9.17) is 4.65 Å². The van der Waals surface area contributed by atoms with Gasteiger partial charge in [0, 0.05) is 5.69 Å². The molecule has 20 heavy (non-hydrogen) atoms. The van der Waals surface area contributed by atoms with Crippen molar-refractivity contribution in [2.45, 2.75) is 52.0 Å². The smallest absolute Gasteiger partial charge is 0.427 e. The van der Waals surface area contributed by atoms with Crippen molar-refractivity contribution in [3.8, 4) is 0 Å². The fraction of sp³-hybridized carbons (Fsp3) is 0.615. The summed E-state index contributed by atoms with van der Waals surface area (Å²) < 4.78 is 43.6. The number of aliphatic hydroxyl groups is 1. The van der Waals surface area contributed by atoms with Gasteiger partial charge in [0.25, 0.3) is 0 Å². The summed E-state index contributed by atoms with van der Waals surface area (Å²) in [6.07, 6.45) is -4.48. The van der Waals surface area contributed by atoms with Crippen LogP contribution in [0.4, 0.5) is 13.2 Å². The molecule has 1 aromatic rings. The summed E-state index contributed by atoms with van der Waals surface area (Å²) in [5.41, 5.74) is -2.27. The molecule has 0 amide bonds. The van der Waals surface area contributed by atoms with Crippen molar-refractivity contribution in [2.75, 3.05) is 0 Å². The molecule has 3 nitrogen and oxygen atoms in total. The molecule has 0 aliphatic carbocycles. The molecule has 0 fully saturated rings. The van der Waals surface area contributed by atoms with Gasteiger partial charge in [0.2, 0.25) is 0 Å². The van der Waals surface area contributed by atoms with Gasteiger partial charge in [-0.2, -0.15) is 13.2 Å². The lowest BCUT2D eigenvalue weighted by atomic mass is 9.82. The zero-order valence-electron chi connectivity index (χ0n) is 12.3. The van der Waals surface area contributed by atoms with Gasteiger partial charge in [-0.3, -0.25) is 0 Å². The Morgan fingerprint density at radius 3 is 2.15 bits per heavy atom. The molecule has 0 radical (unpaired) electrons. The zero-order chi connectivity index (χ0) is 15.8. The molecular weight excluding hydrogens is 270 g/mol. The minimum atomic E-state index is -4.48. The van der Waals surface area contributed by atoms with Crippen LogP contribution in [0.2, 0.25) is 0 Å². The lowest BCUT2D eigenvalue weighted by Gasteiger charge is -2.37. The summed E-state index contributed by atoms with van der Waals surface area (Å²) >= 11 is 0. The van der Waals surface area contributed by atoms with E-state index in [2.05, 4.69) is 4.98 Å². The highest BCUT2D eigenvalue weighted by Gasteiger charge is 2.36. The Labute approximate surface area is 117 Å². The first-order valence-electron chi connectivity index (χ1n) is 6.24. The minimum Gasteiger partial charge on any atom is -0.427 e. The van der Waals surface area contributed by atoms with Gasteiger partial charge in [-0.15, -0.1) is 0 Å². The number of hydrogen-bond acceptors (Lipinski definition) is 3. The Bertz CT molecular complexity index is 481. The van der Waals surface area contributed by atoms with E-state index in [1.54, 1.807) is 27.7 Å². The van der Waals surface area contributed by atoms with E-state index < -0.39 is 23.1 Å².